The molecule has 0 radical (unpaired) electrons. The number of hydrogen-bond donors (Lipinski definition) is 2. The highest BCUT2D eigenvalue weighted by molar-refractivity contribution is 7.91. The summed E-state index contributed by atoms with van der Waals surface area (Å²) in [4.78, 5) is 11.0. The van der Waals surface area contributed by atoms with E-state index in [-0.39, 0.29) is 0 Å². The Hall–Kier alpha value is -0.620. The number of aliphatic hydroxyl groups excluding tert-OH is 1. The van der Waals surface area contributed by atoms with E-state index < -0.39 is 27.6 Å². The highest BCUT2D eigenvalue weighted by Gasteiger charge is 2.10. The summed E-state index contributed by atoms with van der Waals surface area (Å²) in [5.74, 6) is -1.01. The van der Waals surface area contributed by atoms with Gasteiger partial charge in [0.05, 0.1) is 6.10 Å². The molecule has 0 saturated carbocycles. The average Bonchev–Trinajstić information content (AvgIpc) is 2.00. The first-order valence-electron chi connectivity index (χ1n) is 4.47. The third kappa shape index (κ3) is 8.00. The Kier molecular flexibility index (Phi) is 5.71. The molecular weight excluding hydrogens is 206 g/mol. The third-order valence-electron chi connectivity index (χ3n) is 1.66. The van der Waals surface area contributed by atoms with Gasteiger partial charge in [-0.15, -0.1) is 0 Å². The number of aliphatic hydroxyl groups is 1. The van der Waals surface area contributed by atoms with Crippen LogP contribution in [0.5, 0.6) is 0 Å². The lowest BCUT2D eigenvalue weighted by Crippen LogP contribution is -2.32. The molecule has 1 amide bonds. The molecular formula is C8H17NO4S. The Labute approximate surface area is 84.4 Å². The minimum atomic E-state index is -3.25. The predicted molar refractivity (Wildman–Crippen MR) is 53.6 cm³/mol. The molecule has 5 nitrogen and oxygen atoms in total. The molecule has 0 bridgehead atoms. The second-order valence-electron chi connectivity index (χ2n) is 3.27. The Bertz CT molecular complexity index is 273. The zero-order chi connectivity index (χ0) is 11.2. The lowest BCUT2D eigenvalue weighted by atomic mass is 10.2. The molecule has 14 heavy (non-hydrogen) atoms. The number of hydrogen-bond acceptors (Lipinski definition) is 4. The molecule has 2 N–H and O–H groups in total. The molecule has 0 heterocycles. The van der Waals surface area contributed by atoms with Gasteiger partial charge in [0.2, 0.25) is 5.91 Å². The average molecular weight is 223 g/mol. The van der Waals surface area contributed by atoms with Gasteiger partial charge in [-0.05, 0) is 12.8 Å². The number of rotatable bonds is 6. The second kappa shape index (κ2) is 5.98. The Morgan fingerprint density at radius 1 is 1.50 bits per heavy atom. The van der Waals surface area contributed by atoms with Gasteiger partial charge >= 0.3 is 0 Å². The quantitative estimate of drug-likeness (QED) is 0.624. The summed E-state index contributed by atoms with van der Waals surface area (Å²) in [5.41, 5.74) is 0. The van der Waals surface area contributed by atoms with E-state index >= 15 is 0 Å². The Balaban J connectivity index is 3.66. The first kappa shape index (κ1) is 13.4. The summed E-state index contributed by atoms with van der Waals surface area (Å²) in [6.07, 6.45) is 1.65. The first-order valence-corrected chi connectivity index (χ1v) is 6.53. The van der Waals surface area contributed by atoms with Crippen molar-refractivity contribution < 1.29 is 18.3 Å². The van der Waals surface area contributed by atoms with E-state index in [0.717, 1.165) is 6.26 Å². The van der Waals surface area contributed by atoms with Crippen LogP contribution in [0.3, 0.4) is 0 Å². The van der Waals surface area contributed by atoms with Crippen LogP contribution in [0.1, 0.15) is 19.8 Å². The van der Waals surface area contributed by atoms with E-state index in [1.807, 2.05) is 6.92 Å². The zero-order valence-electron chi connectivity index (χ0n) is 8.49. The number of carbonyl (C=O) groups excluding carboxylic acids is 1. The molecule has 0 saturated heterocycles. The molecule has 84 valence electrons. The van der Waals surface area contributed by atoms with Gasteiger partial charge in [-0.1, -0.05) is 6.92 Å². The van der Waals surface area contributed by atoms with Crippen LogP contribution in [0.15, 0.2) is 0 Å². The van der Waals surface area contributed by atoms with E-state index in [2.05, 4.69) is 5.32 Å². The van der Waals surface area contributed by atoms with Gasteiger partial charge < -0.3 is 10.4 Å². The third-order valence-corrected chi connectivity index (χ3v) is 2.45. The molecule has 6 heteroatoms. The lowest BCUT2D eigenvalue weighted by Gasteiger charge is -2.08. The molecule has 0 rings (SSSR count). The number of amides is 1. The van der Waals surface area contributed by atoms with Crippen LogP contribution in [0, 0.1) is 0 Å². The van der Waals surface area contributed by atoms with Crippen LogP contribution in [0.2, 0.25) is 0 Å². The van der Waals surface area contributed by atoms with Gasteiger partial charge in [-0.3, -0.25) is 4.79 Å². The number of sulfone groups is 1. The van der Waals surface area contributed by atoms with Crippen LogP contribution in [-0.4, -0.2) is 44.1 Å². The molecule has 0 aromatic rings. The largest absolute Gasteiger partial charge is 0.393 e. The van der Waals surface area contributed by atoms with Gasteiger partial charge in [-0.2, -0.15) is 0 Å². The van der Waals surface area contributed by atoms with Crippen LogP contribution in [-0.2, 0) is 14.6 Å². The molecule has 0 aromatic heterocycles. The van der Waals surface area contributed by atoms with Crippen molar-refractivity contribution in [2.45, 2.75) is 25.9 Å². The Morgan fingerprint density at radius 2 is 2.07 bits per heavy atom. The van der Waals surface area contributed by atoms with Gasteiger partial charge in [0.25, 0.3) is 0 Å². The summed E-state index contributed by atoms with van der Waals surface area (Å²) in [6.45, 7) is 2.15. The van der Waals surface area contributed by atoms with Crippen molar-refractivity contribution in [2.24, 2.45) is 0 Å². The van der Waals surface area contributed by atoms with E-state index in [1.54, 1.807) is 0 Å². The lowest BCUT2D eigenvalue weighted by molar-refractivity contribution is -0.118. The number of nitrogens with one attached hydrogen (secondary N) is 1. The van der Waals surface area contributed by atoms with E-state index in [1.165, 1.54) is 0 Å². The maximum absolute atomic E-state index is 11.0. The zero-order valence-corrected chi connectivity index (χ0v) is 9.30. The maximum atomic E-state index is 11.0. The molecule has 0 aliphatic rings. The predicted octanol–water partition coefficient (Wildman–Crippen LogP) is -0.692. The molecule has 0 aromatic carbocycles. The molecule has 0 spiro atoms. The molecule has 1 atom stereocenters. The smallest absolute Gasteiger partial charge is 0.235 e. The fourth-order valence-electron chi connectivity index (χ4n) is 0.871. The summed E-state index contributed by atoms with van der Waals surface area (Å²) >= 11 is 0. The van der Waals surface area contributed by atoms with Gasteiger partial charge in [0.15, 0.2) is 9.84 Å². The van der Waals surface area contributed by atoms with E-state index in [9.17, 15) is 13.2 Å². The van der Waals surface area contributed by atoms with Crippen LogP contribution < -0.4 is 5.32 Å². The standard InChI is InChI=1S/C8H17NO4S/c1-3-7(10)4-5-9-8(11)6-14(2,12)13/h7,10H,3-6H2,1-2H3,(H,9,11). The Morgan fingerprint density at radius 3 is 2.50 bits per heavy atom. The minimum Gasteiger partial charge on any atom is -0.393 e. The number of carbonyl (C=O) groups is 1. The minimum absolute atomic E-state index is 0.309. The fraction of sp³-hybridized carbons (Fsp3) is 0.875. The summed E-state index contributed by atoms with van der Waals surface area (Å²) in [7, 11) is -3.25. The van der Waals surface area contributed by atoms with Gasteiger partial charge in [-0.25, -0.2) is 8.42 Å². The SMILES string of the molecule is CCC(O)CCNC(=O)CS(C)(=O)=O. The van der Waals surface area contributed by atoms with E-state index in [4.69, 9.17) is 5.11 Å². The van der Waals surface area contributed by atoms with Crippen molar-refractivity contribution in [1.29, 1.82) is 0 Å². The van der Waals surface area contributed by atoms with Crippen molar-refractivity contribution in [3.8, 4) is 0 Å². The summed E-state index contributed by atoms with van der Waals surface area (Å²) < 4.78 is 21.4. The summed E-state index contributed by atoms with van der Waals surface area (Å²) in [5, 5.41) is 11.6. The van der Waals surface area contributed by atoms with Crippen molar-refractivity contribution in [1.82, 2.24) is 5.32 Å². The normalized spacial score (nSPS) is 13.6. The second-order valence-corrected chi connectivity index (χ2v) is 5.41. The van der Waals surface area contributed by atoms with Crippen molar-refractivity contribution in [3.05, 3.63) is 0 Å². The highest BCUT2D eigenvalue weighted by atomic mass is 32.2. The fourth-order valence-corrected chi connectivity index (χ4v) is 1.45. The monoisotopic (exact) mass is 223 g/mol. The molecule has 0 aliphatic carbocycles. The highest BCUT2D eigenvalue weighted by Crippen LogP contribution is 1.94. The van der Waals surface area contributed by atoms with Crippen LogP contribution in [0.4, 0.5) is 0 Å². The van der Waals surface area contributed by atoms with E-state index in [0.29, 0.717) is 19.4 Å². The van der Waals surface area contributed by atoms with Crippen molar-refractivity contribution in [3.63, 3.8) is 0 Å². The van der Waals surface area contributed by atoms with Gasteiger partial charge in [0.1, 0.15) is 5.75 Å². The molecule has 0 aliphatic heterocycles. The van der Waals surface area contributed by atoms with Crippen LogP contribution >= 0.6 is 0 Å². The van der Waals surface area contributed by atoms with Crippen molar-refractivity contribution >= 4 is 15.7 Å². The van der Waals surface area contributed by atoms with Crippen molar-refractivity contribution in [2.75, 3.05) is 18.6 Å². The topological polar surface area (TPSA) is 83.5 Å². The van der Waals surface area contributed by atoms with Crippen LogP contribution in [0.25, 0.3) is 0 Å². The maximum Gasteiger partial charge on any atom is 0.235 e. The molecule has 1 unspecified atom stereocenters. The first-order chi connectivity index (χ1) is 6.35. The molecule has 0 fully saturated rings. The summed E-state index contributed by atoms with van der Waals surface area (Å²) in [6, 6.07) is 0. The van der Waals surface area contributed by atoms with Gasteiger partial charge in [0, 0.05) is 12.8 Å².